The van der Waals surface area contributed by atoms with Crippen LogP contribution in [0.4, 0.5) is 0 Å². The molecule has 0 aliphatic heterocycles. The third-order valence-corrected chi connectivity index (χ3v) is 12.0. The van der Waals surface area contributed by atoms with E-state index in [4.69, 9.17) is 9.97 Å². The maximum atomic E-state index is 5.29. The minimum atomic E-state index is -0.0493. The van der Waals surface area contributed by atoms with Crippen molar-refractivity contribution in [1.82, 2.24) is 14.5 Å². The summed E-state index contributed by atoms with van der Waals surface area (Å²) in [5.41, 5.74) is 18.3. The van der Waals surface area contributed by atoms with Crippen LogP contribution in [0.5, 0.6) is 0 Å². The van der Waals surface area contributed by atoms with Gasteiger partial charge in [-0.25, -0.2) is 9.97 Å². The van der Waals surface area contributed by atoms with Crippen LogP contribution in [0.3, 0.4) is 0 Å². The summed E-state index contributed by atoms with van der Waals surface area (Å²) in [6.45, 7) is 4.67. The number of benzene rings is 8. The Morgan fingerprint density at radius 2 is 0.879 bits per heavy atom. The molecule has 10 aromatic rings. The minimum Gasteiger partial charge on any atom is -0.309 e. The average molecular weight is 742 g/mol. The summed E-state index contributed by atoms with van der Waals surface area (Å²) in [6, 6.07) is 71.9. The number of nitrogens with zero attached hydrogens (tertiary/aromatic N) is 3. The van der Waals surface area contributed by atoms with Crippen LogP contribution in [0, 0.1) is 0 Å². The molecule has 0 spiro atoms. The Bertz CT molecular complexity index is 3120. The van der Waals surface area contributed by atoms with Crippen LogP contribution in [-0.2, 0) is 5.41 Å². The lowest BCUT2D eigenvalue weighted by molar-refractivity contribution is 0.660. The van der Waals surface area contributed by atoms with Gasteiger partial charge in [0.1, 0.15) is 0 Å². The quantitative estimate of drug-likeness (QED) is 0.170. The SMILES string of the molecule is CC1(C)c2ccccc2-c2ccc(-c3ccc(-c4cc(-c5cc(-c6ccccc6)cc(-n6c7ccccc7c7ccccc76)c5)nc(-c5ccccc5)n4)cc3)cc21. The maximum Gasteiger partial charge on any atom is 0.160 e. The van der Waals surface area contributed by atoms with Crippen LogP contribution in [0.1, 0.15) is 25.0 Å². The molecule has 0 bridgehead atoms. The zero-order valence-electron chi connectivity index (χ0n) is 32.4. The molecule has 1 aliphatic rings. The molecule has 0 atom stereocenters. The second kappa shape index (κ2) is 13.4. The Kier molecular flexibility index (Phi) is 7.84. The van der Waals surface area contributed by atoms with Gasteiger partial charge >= 0.3 is 0 Å². The van der Waals surface area contributed by atoms with Gasteiger partial charge in [0, 0.05) is 38.6 Å². The predicted molar refractivity (Wildman–Crippen MR) is 241 cm³/mol. The van der Waals surface area contributed by atoms with Gasteiger partial charge in [0.25, 0.3) is 0 Å². The summed E-state index contributed by atoms with van der Waals surface area (Å²) in [5, 5.41) is 2.47. The van der Waals surface area contributed by atoms with Crippen molar-refractivity contribution >= 4 is 21.8 Å². The molecule has 0 amide bonds. The number of fused-ring (bicyclic) bond motifs is 6. The van der Waals surface area contributed by atoms with Crippen molar-refractivity contribution in [3.8, 4) is 73.0 Å². The Balaban J connectivity index is 1.06. The fourth-order valence-electron chi connectivity index (χ4n) is 9.06. The van der Waals surface area contributed by atoms with Gasteiger partial charge in [-0.2, -0.15) is 0 Å². The third kappa shape index (κ3) is 5.58. The van der Waals surface area contributed by atoms with Gasteiger partial charge in [0.2, 0.25) is 0 Å². The number of hydrogen-bond acceptors (Lipinski definition) is 2. The lowest BCUT2D eigenvalue weighted by Crippen LogP contribution is -2.14. The molecule has 2 aromatic heterocycles. The van der Waals surface area contributed by atoms with Crippen molar-refractivity contribution in [2.24, 2.45) is 0 Å². The summed E-state index contributed by atoms with van der Waals surface area (Å²) >= 11 is 0. The zero-order chi connectivity index (χ0) is 38.8. The highest BCUT2D eigenvalue weighted by molar-refractivity contribution is 6.09. The van der Waals surface area contributed by atoms with Crippen LogP contribution in [-0.4, -0.2) is 14.5 Å². The van der Waals surface area contributed by atoms with E-state index in [1.54, 1.807) is 0 Å². The highest BCUT2D eigenvalue weighted by Crippen LogP contribution is 2.49. The summed E-state index contributed by atoms with van der Waals surface area (Å²) in [5.74, 6) is 0.695. The molecule has 0 fully saturated rings. The first-order chi connectivity index (χ1) is 28.5. The summed E-state index contributed by atoms with van der Waals surface area (Å²) in [7, 11) is 0. The van der Waals surface area contributed by atoms with Gasteiger partial charge in [-0.3, -0.25) is 0 Å². The molecule has 58 heavy (non-hydrogen) atoms. The van der Waals surface area contributed by atoms with E-state index in [0.717, 1.165) is 44.9 Å². The Labute approximate surface area is 338 Å². The number of hydrogen-bond donors (Lipinski definition) is 0. The first-order valence-electron chi connectivity index (χ1n) is 20.0. The molecule has 3 heteroatoms. The molecule has 0 unspecified atom stereocenters. The van der Waals surface area contributed by atoms with E-state index in [9.17, 15) is 0 Å². The number of para-hydroxylation sites is 2. The lowest BCUT2D eigenvalue weighted by atomic mass is 9.81. The average Bonchev–Trinajstić information content (AvgIpc) is 3.75. The van der Waals surface area contributed by atoms with Crippen molar-refractivity contribution < 1.29 is 0 Å². The fourth-order valence-corrected chi connectivity index (χ4v) is 9.06. The normalized spacial score (nSPS) is 12.8. The highest BCUT2D eigenvalue weighted by Gasteiger charge is 2.35. The van der Waals surface area contributed by atoms with Gasteiger partial charge in [0.05, 0.1) is 22.4 Å². The third-order valence-electron chi connectivity index (χ3n) is 12.0. The van der Waals surface area contributed by atoms with Crippen LogP contribution >= 0.6 is 0 Å². The van der Waals surface area contributed by atoms with Crippen LogP contribution in [0.2, 0.25) is 0 Å². The lowest BCUT2D eigenvalue weighted by Gasteiger charge is -2.22. The second-order valence-corrected chi connectivity index (χ2v) is 15.8. The molecule has 274 valence electrons. The van der Waals surface area contributed by atoms with E-state index in [2.05, 4.69) is 200 Å². The van der Waals surface area contributed by atoms with E-state index in [1.807, 2.05) is 18.2 Å². The van der Waals surface area contributed by atoms with E-state index >= 15 is 0 Å². The Morgan fingerprint density at radius 1 is 0.362 bits per heavy atom. The largest absolute Gasteiger partial charge is 0.309 e. The van der Waals surface area contributed by atoms with Crippen LogP contribution < -0.4 is 0 Å². The van der Waals surface area contributed by atoms with Gasteiger partial charge in [-0.1, -0.05) is 172 Å². The smallest absolute Gasteiger partial charge is 0.160 e. The van der Waals surface area contributed by atoms with Gasteiger partial charge < -0.3 is 4.57 Å². The Morgan fingerprint density at radius 3 is 1.59 bits per heavy atom. The summed E-state index contributed by atoms with van der Waals surface area (Å²) in [6.07, 6.45) is 0. The highest BCUT2D eigenvalue weighted by atomic mass is 15.0. The van der Waals surface area contributed by atoms with E-state index in [0.29, 0.717) is 5.82 Å². The minimum absolute atomic E-state index is 0.0493. The second-order valence-electron chi connectivity index (χ2n) is 15.8. The van der Waals surface area contributed by atoms with Gasteiger partial charge in [0.15, 0.2) is 5.82 Å². The van der Waals surface area contributed by atoms with Crippen molar-refractivity contribution in [3.63, 3.8) is 0 Å². The molecule has 0 saturated heterocycles. The van der Waals surface area contributed by atoms with E-state index in [-0.39, 0.29) is 5.41 Å². The van der Waals surface area contributed by atoms with Crippen LogP contribution in [0.25, 0.3) is 94.8 Å². The molecular weight excluding hydrogens is 703 g/mol. The molecule has 3 nitrogen and oxygen atoms in total. The van der Waals surface area contributed by atoms with Crippen LogP contribution in [0.15, 0.2) is 200 Å². The monoisotopic (exact) mass is 741 g/mol. The topological polar surface area (TPSA) is 30.7 Å². The van der Waals surface area contributed by atoms with Gasteiger partial charge in [-0.05, 0) is 87.0 Å². The molecule has 1 aliphatic carbocycles. The number of aromatic nitrogens is 3. The molecule has 8 aromatic carbocycles. The predicted octanol–water partition coefficient (Wildman–Crippen LogP) is 14.2. The molecule has 0 N–H and O–H groups in total. The zero-order valence-corrected chi connectivity index (χ0v) is 32.4. The fraction of sp³-hybridized carbons (Fsp3) is 0.0545. The van der Waals surface area contributed by atoms with Crippen molar-refractivity contribution in [2.45, 2.75) is 19.3 Å². The molecule has 2 heterocycles. The van der Waals surface area contributed by atoms with Gasteiger partial charge in [-0.15, -0.1) is 0 Å². The molecule has 0 radical (unpaired) electrons. The summed E-state index contributed by atoms with van der Waals surface area (Å²) < 4.78 is 2.39. The standard InChI is InChI=1S/C55H39N3/c1-55(2)48-22-12-9-19-44(48)45-30-29-40(34-49(45)55)37-25-27-38(28-26-37)50-35-51(57-54(56-50)39-17-7-4-8-18-39)42-31-41(36-15-5-3-6-16-36)32-43(33-42)58-52-23-13-10-20-46(52)47-21-11-14-24-53(47)58/h3-35H,1-2H3. The Hall–Kier alpha value is -7.36. The molecular formula is C55H39N3. The number of rotatable bonds is 6. The summed E-state index contributed by atoms with van der Waals surface area (Å²) in [4.78, 5) is 10.5. The van der Waals surface area contributed by atoms with E-state index < -0.39 is 0 Å². The van der Waals surface area contributed by atoms with Crippen molar-refractivity contribution in [3.05, 3.63) is 211 Å². The first-order valence-corrected chi connectivity index (χ1v) is 20.0. The first kappa shape index (κ1) is 33.9. The van der Waals surface area contributed by atoms with E-state index in [1.165, 1.54) is 55.2 Å². The molecule has 0 saturated carbocycles. The van der Waals surface area contributed by atoms with Crippen molar-refractivity contribution in [2.75, 3.05) is 0 Å². The van der Waals surface area contributed by atoms with Crippen molar-refractivity contribution in [1.29, 1.82) is 0 Å². The molecule has 11 rings (SSSR count). The maximum absolute atomic E-state index is 5.29.